The fraction of sp³-hybridized carbons (Fsp3) is 0.778. The molecule has 11 nitrogen and oxygen atoms in total. The number of nitrogens with one attached hydrogen (secondary N) is 1. The third-order valence-electron chi connectivity index (χ3n) is 6.29. The molecule has 40 heavy (non-hydrogen) atoms. The first-order chi connectivity index (χ1) is 19.1. The van der Waals surface area contributed by atoms with Crippen molar-refractivity contribution in [1.82, 2.24) is 9.99 Å². The summed E-state index contributed by atoms with van der Waals surface area (Å²) in [4.78, 5) is 19.9. The maximum Gasteiger partial charge on any atom is 0.406 e. The Hall–Kier alpha value is -0.680. The molecular formula is C27H52N2O9P2. The predicted octanol–water partition coefficient (Wildman–Crippen LogP) is 5.20. The molecule has 0 bridgehead atoms. The minimum Gasteiger partial charge on any atom is -0.379 e. The Kier molecular flexibility index (Phi) is 20.5. The largest absolute Gasteiger partial charge is 0.406 e. The van der Waals surface area contributed by atoms with Gasteiger partial charge in [0.05, 0.1) is 45.9 Å². The highest BCUT2D eigenvalue weighted by Gasteiger charge is 2.24. The second-order valence-corrected chi connectivity index (χ2v) is 13.3. The summed E-state index contributed by atoms with van der Waals surface area (Å²) >= 11 is 0. The molecule has 234 valence electrons. The molecule has 2 unspecified atom stereocenters. The second kappa shape index (κ2) is 21.9. The lowest BCUT2D eigenvalue weighted by molar-refractivity contribution is 0.0177. The van der Waals surface area contributed by atoms with Crippen LogP contribution < -0.4 is 5.09 Å². The van der Waals surface area contributed by atoms with Gasteiger partial charge in [0, 0.05) is 19.8 Å². The first-order valence-corrected chi connectivity index (χ1v) is 17.7. The molecule has 0 aliphatic heterocycles. The van der Waals surface area contributed by atoms with Gasteiger partial charge in [-0.15, -0.1) is 0 Å². The highest BCUT2D eigenvalue weighted by Crippen LogP contribution is 2.43. The van der Waals surface area contributed by atoms with Crippen molar-refractivity contribution in [2.75, 3.05) is 72.4 Å². The van der Waals surface area contributed by atoms with E-state index in [9.17, 15) is 9.13 Å². The van der Waals surface area contributed by atoms with Gasteiger partial charge >= 0.3 is 15.3 Å². The minimum atomic E-state index is -4.13. The molecule has 0 saturated heterocycles. The van der Waals surface area contributed by atoms with Crippen molar-refractivity contribution in [3.63, 3.8) is 0 Å². The molecular weight excluding hydrogens is 558 g/mol. The van der Waals surface area contributed by atoms with Gasteiger partial charge in [-0.05, 0) is 50.5 Å². The molecule has 1 aromatic rings. The molecule has 0 spiro atoms. The molecule has 0 heterocycles. The lowest BCUT2D eigenvalue weighted by Crippen LogP contribution is -2.36. The number of benzene rings is 1. The number of rotatable bonds is 26. The van der Waals surface area contributed by atoms with E-state index in [-0.39, 0.29) is 39.4 Å². The van der Waals surface area contributed by atoms with Crippen LogP contribution >= 0.6 is 15.3 Å². The van der Waals surface area contributed by atoms with Crippen molar-refractivity contribution in [3.8, 4) is 0 Å². The minimum absolute atomic E-state index is 0.0909. The van der Waals surface area contributed by atoms with Crippen LogP contribution in [0.4, 0.5) is 0 Å². The smallest absolute Gasteiger partial charge is 0.379 e. The molecule has 0 aromatic heterocycles. The summed E-state index contributed by atoms with van der Waals surface area (Å²) in [5, 5.41) is 2.81. The molecule has 1 rings (SSSR count). The highest BCUT2D eigenvalue weighted by atomic mass is 31.2. The fourth-order valence-corrected chi connectivity index (χ4v) is 5.63. The normalized spacial score (nSPS) is 14.1. The summed E-state index contributed by atoms with van der Waals surface area (Å²) in [5.74, 6) is 1.16. The van der Waals surface area contributed by atoms with E-state index in [0.717, 1.165) is 12.8 Å². The molecule has 1 aromatic carbocycles. The molecule has 2 atom stereocenters. The molecule has 0 amide bonds. The monoisotopic (exact) mass is 610 g/mol. The summed E-state index contributed by atoms with van der Waals surface area (Å²) < 4.78 is 51.3. The van der Waals surface area contributed by atoms with Crippen molar-refractivity contribution in [1.29, 1.82) is 0 Å². The number of nitrogens with zero attached hydrogens (tertiary/aromatic N) is 1. The zero-order valence-electron chi connectivity index (χ0n) is 24.7. The van der Waals surface area contributed by atoms with Crippen LogP contribution in [0.1, 0.15) is 64.9 Å². The summed E-state index contributed by atoms with van der Waals surface area (Å²) in [7, 11) is -7.59. The maximum absolute atomic E-state index is 12.7. The third kappa shape index (κ3) is 18.7. The van der Waals surface area contributed by atoms with E-state index in [1.165, 1.54) is 12.0 Å². The van der Waals surface area contributed by atoms with Crippen molar-refractivity contribution in [2.45, 2.75) is 59.3 Å². The van der Waals surface area contributed by atoms with Gasteiger partial charge in [0.25, 0.3) is 0 Å². The van der Waals surface area contributed by atoms with Crippen LogP contribution in [0.2, 0.25) is 0 Å². The van der Waals surface area contributed by atoms with Gasteiger partial charge in [-0.25, -0.2) is 9.65 Å². The van der Waals surface area contributed by atoms with Gasteiger partial charge in [-0.3, -0.25) is 18.5 Å². The van der Waals surface area contributed by atoms with Crippen molar-refractivity contribution < 1.29 is 42.2 Å². The standard InChI is InChI=1S/C27H52N2O9P2/c1-5-25(4)22-27(26-12-9-8-10-13-26)14-17-35-19-18-34-16-11-15-29(24-36-20-21-39(30,31)32)23-28-40(33,37-6-2)38-7-3/h8-10,12-13,25,27H,5-7,11,14-24H2,1-4H3,(H,28,33)(H2,30,31,32). The maximum atomic E-state index is 12.7. The van der Waals surface area contributed by atoms with Crippen molar-refractivity contribution in [2.24, 2.45) is 5.92 Å². The van der Waals surface area contributed by atoms with Gasteiger partial charge < -0.3 is 24.0 Å². The summed E-state index contributed by atoms with van der Waals surface area (Å²) in [6, 6.07) is 10.6. The Bertz CT molecular complexity index is 835. The molecule has 0 aliphatic rings. The molecule has 0 aliphatic carbocycles. The average molecular weight is 611 g/mol. The van der Waals surface area contributed by atoms with Gasteiger partial charge in [-0.1, -0.05) is 50.6 Å². The van der Waals surface area contributed by atoms with Crippen LogP contribution in [0.5, 0.6) is 0 Å². The van der Waals surface area contributed by atoms with E-state index >= 15 is 0 Å². The lowest BCUT2D eigenvalue weighted by Gasteiger charge is -2.25. The first kappa shape index (κ1) is 37.3. The van der Waals surface area contributed by atoms with Crippen LogP contribution in [0.25, 0.3) is 0 Å². The Morgan fingerprint density at radius 1 is 0.900 bits per heavy atom. The van der Waals surface area contributed by atoms with Crippen LogP contribution in [0, 0.1) is 5.92 Å². The third-order valence-corrected chi connectivity index (χ3v) is 8.78. The van der Waals surface area contributed by atoms with Gasteiger partial charge in [0.15, 0.2) is 0 Å². The Morgan fingerprint density at radius 3 is 2.15 bits per heavy atom. The summed E-state index contributed by atoms with van der Waals surface area (Å²) in [6.45, 7) is 11.3. The fourth-order valence-electron chi connectivity index (χ4n) is 3.96. The zero-order chi connectivity index (χ0) is 29.7. The number of hydrogen-bond acceptors (Lipinski definition) is 8. The first-order valence-electron chi connectivity index (χ1n) is 14.3. The van der Waals surface area contributed by atoms with Crippen LogP contribution in [0.15, 0.2) is 30.3 Å². The molecule has 3 N–H and O–H groups in total. The van der Waals surface area contributed by atoms with Gasteiger partial charge in [0.2, 0.25) is 0 Å². The van der Waals surface area contributed by atoms with Crippen LogP contribution in [-0.4, -0.2) is 87.0 Å². The zero-order valence-corrected chi connectivity index (χ0v) is 26.5. The van der Waals surface area contributed by atoms with Gasteiger partial charge in [0.1, 0.15) is 6.73 Å². The highest BCUT2D eigenvalue weighted by molar-refractivity contribution is 7.52. The quantitative estimate of drug-likeness (QED) is 0.0725. The molecule has 13 heteroatoms. The van der Waals surface area contributed by atoms with E-state index in [4.69, 9.17) is 33.0 Å². The van der Waals surface area contributed by atoms with Crippen LogP contribution in [-0.2, 0) is 32.4 Å². The van der Waals surface area contributed by atoms with E-state index in [1.54, 1.807) is 13.8 Å². The van der Waals surface area contributed by atoms with E-state index < -0.39 is 15.3 Å². The molecule has 0 radical (unpaired) electrons. The second-order valence-electron chi connectivity index (χ2n) is 9.69. The Balaban J connectivity index is 2.37. The van der Waals surface area contributed by atoms with Gasteiger partial charge in [-0.2, -0.15) is 0 Å². The van der Waals surface area contributed by atoms with Crippen molar-refractivity contribution in [3.05, 3.63) is 35.9 Å². The topological polar surface area (TPSA) is 136 Å². The summed E-state index contributed by atoms with van der Waals surface area (Å²) in [6.07, 6.45) is 3.61. The Labute approximate surface area is 241 Å². The van der Waals surface area contributed by atoms with Crippen molar-refractivity contribution >= 4 is 15.3 Å². The van der Waals surface area contributed by atoms with E-state index in [1.807, 2.05) is 11.0 Å². The van der Waals surface area contributed by atoms with Crippen LogP contribution in [0.3, 0.4) is 0 Å². The average Bonchev–Trinajstić information content (AvgIpc) is 2.92. The predicted molar refractivity (Wildman–Crippen MR) is 157 cm³/mol. The number of hydrogen-bond donors (Lipinski definition) is 3. The molecule has 0 saturated carbocycles. The van der Waals surface area contributed by atoms with E-state index in [2.05, 4.69) is 43.2 Å². The molecule has 0 fully saturated rings. The number of ether oxygens (including phenoxy) is 3. The Morgan fingerprint density at radius 2 is 1.55 bits per heavy atom. The lowest BCUT2D eigenvalue weighted by atomic mass is 9.86. The SMILES string of the molecule is CCOP(=O)(NCN(CCCOCCOCCC(CC(C)CC)c1ccccc1)COCCP(=O)(O)O)OCC. The van der Waals surface area contributed by atoms with E-state index in [0.29, 0.717) is 51.2 Å². The summed E-state index contributed by atoms with van der Waals surface area (Å²) in [5.41, 5.74) is 1.37.